The number of fused-ring (bicyclic) bond motifs is 1. The zero-order valence-electron chi connectivity index (χ0n) is 20.0. The van der Waals surface area contributed by atoms with Gasteiger partial charge in [0, 0.05) is 28.7 Å². The van der Waals surface area contributed by atoms with Crippen LogP contribution < -0.4 is 4.74 Å². The molecule has 3 unspecified atom stereocenters. The van der Waals surface area contributed by atoms with Crippen molar-refractivity contribution in [3.05, 3.63) is 65.4 Å². The quantitative estimate of drug-likeness (QED) is 0.515. The number of nitrogens with zero attached hydrogens (tertiary/aromatic N) is 2. The van der Waals surface area contributed by atoms with Gasteiger partial charge in [-0.15, -0.1) is 0 Å². The summed E-state index contributed by atoms with van der Waals surface area (Å²) in [5, 5.41) is 10.6. The molecular weight excluding hydrogens is 416 g/mol. The highest BCUT2D eigenvalue weighted by molar-refractivity contribution is 6.05. The number of aromatic carboxylic acids is 1. The Morgan fingerprint density at radius 1 is 1.18 bits per heavy atom. The molecule has 1 saturated heterocycles. The maximum Gasteiger partial charge on any atom is 0.338 e. The highest BCUT2D eigenvalue weighted by Crippen LogP contribution is 2.37. The maximum absolute atomic E-state index is 12.0. The number of ether oxygens (including phenoxy) is 2. The number of hydrogen-bond donors (Lipinski definition) is 1. The lowest BCUT2D eigenvalue weighted by Gasteiger charge is -2.40. The van der Waals surface area contributed by atoms with E-state index in [1.165, 1.54) is 0 Å². The Balaban J connectivity index is 1.46. The van der Waals surface area contributed by atoms with E-state index in [4.69, 9.17) is 9.47 Å². The highest BCUT2D eigenvalue weighted by Gasteiger charge is 2.32. The van der Waals surface area contributed by atoms with Gasteiger partial charge in [-0.1, -0.05) is 30.3 Å². The third kappa shape index (κ3) is 4.77. The molecule has 3 atom stereocenters. The molecule has 0 saturated carbocycles. The third-order valence-electron chi connectivity index (χ3n) is 7.25. The number of benzene rings is 2. The highest BCUT2D eigenvalue weighted by atomic mass is 16.5. The van der Waals surface area contributed by atoms with Crippen LogP contribution in [0.25, 0.3) is 10.9 Å². The Bertz CT molecular complexity index is 1110. The minimum atomic E-state index is -0.858. The fraction of sp³-hybridized carbons (Fsp3) is 0.444. The largest absolute Gasteiger partial charge is 0.497 e. The average molecular weight is 451 g/mol. The predicted molar refractivity (Wildman–Crippen MR) is 130 cm³/mol. The lowest BCUT2D eigenvalue weighted by Crippen LogP contribution is -2.44. The maximum atomic E-state index is 12.0. The summed E-state index contributed by atoms with van der Waals surface area (Å²) in [5.41, 5.74) is 3.40. The van der Waals surface area contributed by atoms with Gasteiger partial charge < -0.3 is 24.0 Å². The normalized spacial score (nSPS) is 20.1. The van der Waals surface area contributed by atoms with E-state index in [-0.39, 0.29) is 6.04 Å². The summed E-state index contributed by atoms with van der Waals surface area (Å²) in [5.74, 6) is 0.441. The topological polar surface area (TPSA) is 63.9 Å². The van der Waals surface area contributed by atoms with Gasteiger partial charge in [0.15, 0.2) is 0 Å². The summed E-state index contributed by atoms with van der Waals surface area (Å²) in [7, 11) is 3.84. The van der Waals surface area contributed by atoms with Gasteiger partial charge in [0.25, 0.3) is 0 Å². The average Bonchev–Trinajstić information content (AvgIpc) is 3.12. The van der Waals surface area contributed by atoms with Crippen LogP contribution in [0.3, 0.4) is 0 Å². The van der Waals surface area contributed by atoms with E-state index in [9.17, 15) is 9.90 Å². The van der Waals surface area contributed by atoms with Crippen LogP contribution in [0.1, 0.15) is 47.4 Å². The molecule has 1 N–H and O–H groups in total. The Labute approximate surface area is 195 Å². The number of methoxy groups -OCH3 is 1. The van der Waals surface area contributed by atoms with Crippen LogP contribution >= 0.6 is 0 Å². The monoisotopic (exact) mass is 450 g/mol. The van der Waals surface area contributed by atoms with Crippen molar-refractivity contribution in [2.24, 2.45) is 5.92 Å². The van der Waals surface area contributed by atoms with E-state index in [0.717, 1.165) is 47.3 Å². The second-order valence-electron chi connectivity index (χ2n) is 9.18. The number of piperidine rings is 1. The molecule has 0 amide bonds. The van der Waals surface area contributed by atoms with E-state index < -0.39 is 5.97 Å². The molecule has 6 nitrogen and oxygen atoms in total. The molecule has 1 fully saturated rings. The van der Waals surface area contributed by atoms with Crippen molar-refractivity contribution in [1.82, 2.24) is 9.47 Å². The summed E-state index contributed by atoms with van der Waals surface area (Å²) in [6.07, 6.45) is 2.11. The minimum Gasteiger partial charge on any atom is -0.497 e. The van der Waals surface area contributed by atoms with Crippen molar-refractivity contribution in [3.8, 4) is 5.75 Å². The molecule has 0 aliphatic carbocycles. The van der Waals surface area contributed by atoms with Crippen LogP contribution in [0.5, 0.6) is 5.75 Å². The molecule has 2 heterocycles. The number of carboxylic acids is 1. The molecule has 176 valence electrons. The van der Waals surface area contributed by atoms with E-state index >= 15 is 0 Å². The van der Waals surface area contributed by atoms with Gasteiger partial charge in [-0.3, -0.25) is 0 Å². The van der Waals surface area contributed by atoms with E-state index in [0.29, 0.717) is 30.7 Å². The Kier molecular flexibility index (Phi) is 7.05. The predicted octanol–water partition coefficient (Wildman–Crippen LogP) is 5.14. The van der Waals surface area contributed by atoms with Crippen molar-refractivity contribution in [3.63, 3.8) is 0 Å². The first-order valence-electron chi connectivity index (χ1n) is 11.6. The van der Waals surface area contributed by atoms with Gasteiger partial charge in [-0.25, -0.2) is 4.79 Å². The zero-order chi connectivity index (χ0) is 23.5. The van der Waals surface area contributed by atoms with Crippen molar-refractivity contribution < 1.29 is 19.4 Å². The fourth-order valence-electron chi connectivity index (χ4n) is 5.26. The number of para-hydroxylation sites is 1. The van der Waals surface area contributed by atoms with Crippen molar-refractivity contribution in [2.45, 2.75) is 45.4 Å². The first-order valence-corrected chi connectivity index (χ1v) is 11.6. The third-order valence-corrected chi connectivity index (χ3v) is 7.25. The Hall–Kier alpha value is -2.83. The summed E-state index contributed by atoms with van der Waals surface area (Å²) >= 11 is 0. The first-order chi connectivity index (χ1) is 15.9. The summed E-state index contributed by atoms with van der Waals surface area (Å²) in [6.45, 7) is 6.44. The van der Waals surface area contributed by atoms with Crippen molar-refractivity contribution in [1.29, 1.82) is 0 Å². The van der Waals surface area contributed by atoms with Crippen LogP contribution in [0.15, 0.2) is 48.5 Å². The smallest absolute Gasteiger partial charge is 0.338 e. The van der Waals surface area contributed by atoms with Gasteiger partial charge in [0.05, 0.1) is 25.9 Å². The molecule has 33 heavy (non-hydrogen) atoms. The van der Waals surface area contributed by atoms with Crippen LogP contribution in [-0.4, -0.2) is 53.9 Å². The molecule has 1 aromatic heterocycles. The molecule has 1 aliphatic heterocycles. The number of carboxylic acid groups (broad SMARTS) is 1. The molecule has 4 rings (SSSR count). The first kappa shape index (κ1) is 23.3. The van der Waals surface area contributed by atoms with Crippen LogP contribution in [0.4, 0.5) is 0 Å². The van der Waals surface area contributed by atoms with E-state index in [2.05, 4.69) is 23.4 Å². The SMILES string of the molecule is COc1ccc(COCC2CC(C(C)n3c(C)c(C(=O)O)c4ccccc43)CCN2C)cc1. The lowest BCUT2D eigenvalue weighted by molar-refractivity contribution is 0.0234. The van der Waals surface area contributed by atoms with Crippen molar-refractivity contribution >= 4 is 16.9 Å². The molecule has 6 heteroatoms. The van der Waals surface area contributed by atoms with Gasteiger partial charge in [0.2, 0.25) is 0 Å². The van der Waals surface area contributed by atoms with Crippen LogP contribution in [0.2, 0.25) is 0 Å². The van der Waals surface area contributed by atoms with Gasteiger partial charge in [0.1, 0.15) is 5.75 Å². The van der Waals surface area contributed by atoms with Gasteiger partial charge in [-0.05, 0) is 70.0 Å². The van der Waals surface area contributed by atoms with E-state index in [1.54, 1.807) is 7.11 Å². The van der Waals surface area contributed by atoms with Crippen LogP contribution in [0, 0.1) is 12.8 Å². The number of rotatable bonds is 8. The zero-order valence-corrected chi connectivity index (χ0v) is 20.0. The summed E-state index contributed by atoms with van der Waals surface area (Å²) in [4.78, 5) is 14.4. The fourth-order valence-corrected chi connectivity index (χ4v) is 5.26. The lowest BCUT2D eigenvalue weighted by atomic mass is 9.86. The number of likely N-dealkylation sites (N-methyl/N-ethyl adjacent to an activating group) is 1. The van der Waals surface area contributed by atoms with Gasteiger partial charge >= 0.3 is 5.97 Å². The van der Waals surface area contributed by atoms with E-state index in [1.807, 2.05) is 55.5 Å². The number of carbonyl (C=O) groups is 1. The minimum absolute atomic E-state index is 0.209. The number of hydrogen-bond acceptors (Lipinski definition) is 4. The number of aromatic nitrogens is 1. The molecular formula is C27H34N2O4. The Morgan fingerprint density at radius 2 is 1.91 bits per heavy atom. The molecule has 3 aromatic rings. The summed E-state index contributed by atoms with van der Waals surface area (Å²) < 4.78 is 13.6. The molecule has 2 aromatic carbocycles. The standard InChI is InChI=1S/C27H34N2O4/c1-18(29-19(2)26(27(30)31)24-7-5-6-8-25(24)29)21-13-14-28(3)22(15-21)17-33-16-20-9-11-23(32-4)12-10-20/h5-12,18,21-22H,13-17H2,1-4H3,(H,30,31). The second kappa shape index (κ2) is 9.98. The number of likely N-dealkylation sites (tertiary alicyclic amines) is 1. The molecule has 0 radical (unpaired) electrons. The molecule has 0 bridgehead atoms. The van der Waals surface area contributed by atoms with Gasteiger partial charge in [-0.2, -0.15) is 0 Å². The molecule has 0 spiro atoms. The summed E-state index contributed by atoms with van der Waals surface area (Å²) in [6, 6.07) is 16.4. The van der Waals surface area contributed by atoms with Crippen molar-refractivity contribution in [2.75, 3.05) is 27.3 Å². The van der Waals surface area contributed by atoms with Crippen LogP contribution in [-0.2, 0) is 11.3 Å². The molecule has 1 aliphatic rings. The Morgan fingerprint density at radius 3 is 2.61 bits per heavy atom. The second-order valence-corrected chi connectivity index (χ2v) is 9.18.